The van der Waals surface area contributed by atoms with Gasteiger partial charge in [-0.1, -0.05) is 34.1 Å². The molecule has 9 nitrogen and oxygen atoms in total. The second-order valence-corrected chi connectivity index (χ2v) is 7.23. The lowest BCUT2D eigenvalue weighted by atomic mass is 9.92. The predicted molar refractivity (Wildman–Crippen MR) is 103 cm³/mol. The highest BCUT2D eigenvalue weighted by Crippen LogP contribution is 2.30. The lowest BCUT2D eigenvalue weighted by Gasteiger charge is -2.22. The molecule has 0 saturated carbocycles. The number of hydrogen-bond donors (Lipinski definition) is 2. The molecule has 10 heteroatoms. The summed E-state index contributed by atoms with van der Waals surface area (Å²) in [6.45, 7) is 1.05. The molecule has 1 fully saturated rings. The van der Waals surface area contributed by atoms with Crippen LogP contribution < -0.4 is 10.6 Å². The van der Waals surface area contributed by atoms with Crippen molar-refractivity contribution in [3.05, 3.63) is 68.7 Å². The Kier molecular flexibility index (Phi) is 5.14. The monoisotopic (exact) mass is 446 g/mol. The number of urea groups is 1. The quantitative estimate of drug-likeness (QED) is 0.415. The maximum absolute atomic E-state index is 12.8. The summed E-state index contributed by atoms with van der Waals surface area (Å²) in [5.74, 6) is -1.22. The standard InChI is InChI=1S/C18H15BrN4O5/c1-18(11-4-2-5-12(19)8-11)16(25)22(17(26)21-18)10-15(24)20-13-6-3-7-14(9-13)23(27)28/h2-9H,10H2,1H3,(H,20,24)(H,21,26)/t18-/m0/s1. The molecule has 1 atom stereocenters. The Morgan fingerprint density at radius 2 is 1.96 bits per heavy atom. The molecule has 0 aromatic heterocycles. The van der Waals surface area contributed by atoms with Crippen molar-refractivity contribution in [3.8, 4) is 0 Å². The Hall–Kier alpha value is -3.27. The first kappa shape index (κ1) is 19.5. The number of nitro benzene ring substituents is 1. The van der Waals surface area contributed by atoms with E-state index in [9.17, 15) is 24.5 Å². The number of hydrogen-bond acceptors (Lipinski definition) is 5. The third kappa shape index (κ3) is 3.72. The van der Waals surface area contributed by atoms with Crippen LogP contribution in [-0.2, 0) is 15.1 Å². The molecule has 0 aliphatic carbocycles. The highest BCUT2D eigenvalue weighted by atomic mass is 79.9. The Balaban J connectivity index is 1.75. The molecule has 1 saturated heterocycles. The lowest BCUT2D eigenvalue weighted by molar-refractivity contribution is -0.384. The number of halogens is 1. The maximum Gasteiger partial charge on any atom is 0.325 e. The average molecular weight is 447 g/mol. The molecule has 0 unspecified atom stereocenters. The van der Waals surface area contributed by atoms with E-state index >= 15 is 0 Å². The molecule has 0 radical (unpaired) electrons. The maximum atomic E-state index is 12.8. The van der Waals surface area contributed by atoms with Crippen LogP contribution in [0.1, 0.15) is 12.5 Å². The van der Waals surface area contributed by atoms with E-state index in [-0.39, 0.29) is 11.4 Å². The van der Waals surface area contributed by atoms with Crippen molar-refractivity contribution in [1.29, 1.82) is 0 Å². The number of benzene rings is 2. The fourth-order valence-electron chi connectivity index (χ4n) is 2.88. The third-order valence-electron chi connectivity index (χ3n) is 4.32. The molecule has 2 aromatic carbocycles. The van der Waals surface area contributed by atoms with E-state index in [1.54, 1.807) is 31.2 Å². The van der Waals surface area contributed by atoms with Gasteiger partial charge < -0.3 is 10.6 Å². The molecule has 0 spiro atoms. The van der Waals surface area contributed by atoms with Gasteiger partial charge in [-0.25, -0.2) is 4.79 Å². The summed E-state index contributed by atoms with van der Waals surface area (Å²) < 4.78 is 0.745. The molecule has 1 aliphatic heterocycles. The SMILES string of the molecule is C[C@@]1(c2cccc(Br)c2)NC(=O)N(CC(=O)Nc2cccc([N+](=O)[O-])c2)C1=O. The van der Waals surface area contributed by atoms with Crippen LogP contribution in [0.3, 0.4) is 0 Å². The molecule has 0 bridgehead atoms. The zero-order chi connectivity index (χ0) is 20.5. The first-order chi connectivity index (χ1) is 13.2. The summed E-state index contributed by atoms with van der Waals surface area (Å²) in [6, 6.07) is 11.6. The highest BCUT2D eigenvalue weighted by Gasteiger charge is 2.49. The van der Waals surface area contributed by atoms with Crippen molar-refractivity contribution in [2.45, 2.75) is 12.5 Å². The van der Waals surface area contributed by atoms with E-state index in [1.807, 2.05) is 0 Å². The summed E-state index contributed by atoms with van der Waals surface area (Å²) in [5, 5.41) is 15.9. The Bertz CT molecular complexity index is 995. The van der Waals surface area contributed by atoms with Gasteiger partial charge in [-0.2, -0.15) is 0 Å². The number of non-ortho nitro benzene ring substituents is 1. The molecule has 144 valence electrons. The zero-order valence-electron chi connectivity index (χ0n) is 14.6. The molecule has 1 heterocycles. The summed E-state index contributed by atoms with van der Waals surface area (Å²) >= 11 is 3.33. The van der Waals surface area contributed by atoms with E-state index in [4.69, 9.17) is 0 Å². The predicted octanol–water partition coefficient (Wildman–Crippen LogP) is 2.76. The van der Waals surface area contributed by atoms with Crippen LogP contribution in [0.5, 0.6) is 0 Å². The summed E-state index contributed by atoms with van der Waals surface area (Å²) in [7, 11) is 0. The van der Waals surface area contributed by atoms with Crippen molar-refractivity contribution in [2.24, 2.45) is 0 Å². The Labute approximate surface area is 168 Å². The van der Waals surface area contributed by atoms with Crippen molar-refractivity contribution >= 4 is 45.2 Å². The van der Waals surface area contributed by atoms with Crippen LogP contribution in [0.15, 0.2) is 53.0 Å². The topological polar surface area (TPSA) is 122 Å². The number of carbonyl (C=O) groups is 3. The fourth-order valence-corrected chi connectivity index (χ4v) is 3.28. The molecule has 3 rings (SSSR count). The second kappa shape index (κ2) is 7.39. The minimum Gasteiger partial charge on any atom is -0.324 e. The third-order valence-corrected chi connectivity index (χ3v) is 4.81. The van der Waals surface area contributed by atoms with Gasteiger partial charge >= 0.3 is 6.03 Å². The minimum absolute atomic E-state index is 0.185. The van der Waals surface area contributed by atoms with Gasteiger partial charge in [0.25, 0.3) is 11.6 Å². The molecule has 1 aliphatic rings. The van der Waals surface area contributed by atoms with E-state index in [2.05, 4.69) is 26.6 Å². The zero-order valence-corrected chi connectivity index (χ0v) is 16.2. The van der Waals surface area contributed by atoms with E-state index < -0.39 is 34.9 Å². The normalized spacial score (nSPS) is 18.7. The first-order valence-electron chi connectivity index (χ1n) is 8.15. The smallest absolute Gasteiger partial charge is 0.324 e. The number of carbonyl (C=O) groups excluding carboxylic acids is 3. The Morgan fingerprint density at radius 1 is 1.25 bits per heavy atom. The van der Waals surface area contributed by atoms with Crippen molar-refractivity contribution in [3.63, 3.8) is 0 Å². The van der Waals surface area contributed by atoms with Gasteiger partial charge in [0.2, 0.25) is 5.91 Å². The number of nitrogens with one attached hydrogen (secondary N) is 2. The van der Waals surface area contributed by atoms with Crippen LogP contribution in [0.25, 0.3) is 0 Å². The fraction of sp³-hybridized carbons (Fsp3) is 0.167. The van der Waals surface area contributed by atoms with Gasteiger partial charge in [-0.3, -0.25) is 24.6 Å². The second-order valence-electron chi connectivity index (χ2n) is 6.31. The minimum atomic E-state index is -1.30. The largest absolute Gasteiger partial charge is 0.325 e. The van der Waals surface area contributed by atoms with E-state index in [1.165, 1.54) is 24.3 Å². The number of nitrogens with zero attached hydrogens (tertiary/aromatic N) is 2. The van der Waals surface area contributed by atoms with Crippen molar-refractivity contribution < 1.29 is 19.3 Å². The molecule has 28 heavy (non-hydrogen) atoms. The van der Waals surface area contributed by atoms with Gasteiger partial charge in [-0.05, 0) is 30.7 Å². The Morgan fingerprint density at radius 3 is 2.64 bits per heavy atom. The summed E-state index contributed by atoms with van der Waals surface area (Å²) in [6.07, 6.45) is 0. The van der Waals surface area contributed by atoms with Gasteiger partial charge in [0, 0.05) is 22.3 Å². The van der Waals surface area contributed by atoms with Gasteiger partial charge in [0.1, 0.15) is 12.1 Å². The van der Waals surface area contributed by atoms with E-state index in [0.717, 1.165) is 9.37 Å². The molecule has 2 N–H and O–H groups in total. The molecular weight excluding hydrogens is 432 g/mol. The number of nitro groups is 1. The summed E-state index contributed by atoms with van der Waals surface area (Å²) in [5.41, 5.74) is -0.718. The van der Waals surface area contributed by atoms with Crippen LogP contribution in [0.2, 0.25) is 0 Å². The number of rotatable bonds is 5. The van der Waals surface area contributed by atoms with Crippen LogP contribution in [0, 0.1) is 10.1 Å². The van der Waals surface area contributed by atoms with Gasteiger partial charge in [0.05, 0.1) is 4.92 Å². The first-order valence-corrected chi connectivity index (χ1v) is 8.94. The molecule has 2 aromatic rings. The van der Waals surface area contributed by atoms with Crippen LogP contribution in [-0.4, -0.2) is 34.2 Å². The number of imide groups is 1. The van der Waals surface area contributed by atoms with Gasteiger partial charge in [-0.15, -0.1) is 0 Å². The molecule has 4 amide bonds. The van der Waals surface area contributed by atoms with E-state index in [0.29, 0.717) is 5.56 Å². The summed E-state index contributed by atoms with van der Waals surface area (Å²) in [4.78, 5) is 48.5. The number of amides is 4. The average Bonchev–Trinajstić information content (AvgIpc) is 2.86. The van der Waals surface area contributed by atoms with Crippen molar-refractivity contribution in [1.82, 2.24) is 10.2 Å². The van der Waals surface area contributed by atoms with Crippen molar-refractivity contribution in [2.75, 3.05) is 11.9 Å². The highest BCUT2D eigenvalue weighted by molar-refractivity contribution is 9.10. The van der Waals surface area contributed by atoms with Gasteiger partial charge in [0.15, 0.2) is 0 Å². The van der Waals surface area contributed by atoms with Crippen LogP contribution >= 0.6 is 15.9 Å². The molecular formula is C18H15BrN4O5. The lowest BCUT2D eigenvalue weighted by Crippen LogP contribution is -2.42. The number of anilines is 1. The van der Waals surface area contributed by atoms with Crippen LogP contribution in [0.4, 0.5) is 16.2 Å².